The molecule has 20 heavy (non-hydrogen) atoms. The van der Waals surface area contributed by atoms with Crippen molar-refractivity contribution in [2.75, 3.05) is 20.1 Å². The SMILES string of the molecule is CC(C)CCNC(=O)NC(=O)CN(C)Cc1cccs1. The number of urea groups is 1. The third kappa shape index (κ3) is 7.25. The van der Waals surface area contributed by atoms with Crippen molar-refractivity contribution in [2.24, 2.45) is 5.92 Å². The second-order valence-corrected chi connectivity index (χ2v) is 6.27. The molecule has 0 fully saturated rings. The molecule has 0 radical (unpaired) electrons. The molecule has 3 amide bonds. The summed E-state index contributed by atoms with van der Waals surface area (Å²) in [7, 11) is 1.86. The van der Waals surface area contributed by atoms with Gasteiger partial charge in [0.2, 0.25) is 5.91 Å². The first-order valence-corrected chi connectivity index (χ1v) is 7.64. The number of rotatable bonds is 7. The molecule has 5 nitrogen and oxygen atoms in total. The third-order valence-corrected chi connectivity index (χ3v) is 3.54. The molecule has 0 unspecified atom stereocenters. The maximum absolute atomic E-state index is 11.7. The molecule has 1 heterocycles. The van der Waals surface area contributed by atoms with Crippen LogP contribution in [0.2, 0.25) is 0 Å². The lowest BCUT2D eigenvalue weighted by atomic mass is 10.1. The molecule has 0 atom stereocenters. The lowest BCUT2D eigenvalue weighted by Crippen LogP contribution is -2.44. The maximum atomic E-state index is 11.7. The average Bonchev–Trinajstić information content (AvgIpc) is 2.80. The molecular weight excluding hydrogens is 274 g/mol. The van der Waals surface area contributed by atoms with Crippen LogP contribution in [0.3, 0.4) is 0 Å². The van der Waals surface area contributed by atoms with Crippen molar-refractivity contribution in [3.63, 3.8) is 0 Å². The Morgan fingerprint density at radius 1 is 1.40 bits per heavy atom. The van der Waals surface area contributed by atoms with Gasteiger partial charge < -0.3 is 5.32 Å². The molecule has 0 bridgehead atoms. The van der Waals surface area contributed by atoms with Gasteiger partial charge in [-0.15, -0.1) is 11.3 Å². The van der Waals surface area contributed by atoms with E-state index in [4.69, 9.17) is 0 Å². The topological polar surface area (TPSA) is 61.4 Å². The summed E-state index contributed by atoms with van der Waals surface area (Å²) in [6, 6.07) is 3.59. The fraction of sp³-hybridized carbons (Fsp3) is 0.571. The van der Waals surface area contributed by atoms with Gasteiger partial charge in [0.1, 0.15) is 0 Å². The Morgan fingerprint density at radius 2 is 2.15 bits per heavy atom. The highest BCUT2D eigenvalue weighted by Crippen LogP contribution is 2.10. The fourth-order valence-electron chi connectivity index (χ4n) is 1.65. The number of nitrogens with one attached hydrogen (secondary N) is 2. The van der Waals surface area contributed by atoms with Gasteiger partial charge in [-0.3, -0.25) is 15.0 Å². The molecule has 2 N–H and O–H groups in total. The summed E-state index contributed by atoms with van der Waals surface area (Å²) in [5.41, 5.74) is 0. The highest BCUT2D eigenvalue weighted by molar-refractivity contribution is 7.09. The summed E-state index contributed by atoms with van der Waals surface area (Å²) >= 11 is 1.65. The van der Waals surface area contributed by atoms with E-state index >= 15 is 0 Å². The number of carbonyl (C=O) groups is 2. The van der Waals surface area contributed by atoms with E-state index in [1.807, 2.05) is 29.5 Å². The van der Waals surface area contributed by atoms with E-state index in [1.54, 1.807) is 11.3 Å². The van der Waals surface area contributed by atoms with Crippen LogP contribution in [-0.2, 0) is 11.3 Å². The number of thiophene rings is 1. The van der Waals surface area contributed by atoms with Crippen LogP contribution in [-0.4, -0.2) is 37.0 Å². The second-order valence-electron chi connectivity index (χ2n) is 5.24. The standard InChI is InChI=1S/C14H23N3O2S/c1-11(2)6-7-15-14(19)16-13(18)10-17(3)9-12-5-4-8-20-12/h4-5,8,11H,6-7,9-10H2,1-3H3,(H2,15,16,18,19). The normalized spacial score (nSPS) is 10.8. The summed E-state index contributed by atoms with van der Waals surface area (Å²) in [6.07, 6.45) is 0.903. The molecule has 1 aromatic heterocycles. The van der Waals surface area contributed by atoms with Gasteiger partial charge in [-0.1, -0.05) is 19.9 Å². The largest absolute Gasteiger partial charge is 0.338 e. The van der Waals surface area contributed by atoms with Gasteiger partial charge in [-0.25, -0.2) is 4.79 Å². The predicted molar refractivity (Wildman–Crippen MR) is 81.6 cm³/mol. The maximum Gasteiger partial charge on any atom is 0.321 e. The fourth-order valence-corrected chi connectivity index (χ4v) is 2.44. The Hall–Kier alpha value is -1.40. The second kappa shape index (κ2) is 8.71. The quantitative estimate of drug-likeness (QED) is 0.810. The van der Waals surface area contributed by atoms with Crippen LogP contribution in [0.4, 0.5) is 4.79 Å². The van der Waals surface area contributed by atoms with Gasteiger partial charge in [0.25, 0.3) is 0 Å². The zero-order valence-corrected chi connectivity index (χ0v) is 13.1. The van der Waals surface area contributed by atoms with Gasteiger partial charge in [-0.05, 0) is 30.8 Å². The molecule has 0 saturated carbocycles. The van der Waals surface area contributed by atoms with Crippen molar-refractivity contribution >= 4 is 23.3 Å². The number of hydrogen-bond donors (Lipinski definition) is 2. The van der Waals surface area contributed by atoms with Gasteiger partial charge in [-0.2, -0.15) is 0 Å². The molecule has 112 valence electrons. The highest BCUT2D eigenvalue weighted by atomic mass is 32.1. The lowest BCUT2D eigenvalue weighted by Gasteiger charge is -2.15. The van der Waals surface area contributed by atoms with Crippen LogP contribution < -0.4 is 10.6 Å². The minimum absolute atomic E-state index is 0.204. The summed E-state index contributed by atoms with van der Waals surface area (Å²) < 4.78 is 0. The number of amides is 3. The van der Waals surface area contributed by atoms with Crippen LogP contribution >= 0.6 is 11.3 Å². The van der Waals surface area contributed by atoms with E-state index in [0.29, 0.717) is 19.0 Å². The van der Waals surface area contributed by atoms with Crippen LogP contribution in [0.1, 0.15) is 25.1 Å². The average molecular weight is 297 g/mol. The predicted octanol–water partition coefficient (Wildman–Crippen LogP) is 2.05. The summed E-state index contributed by atoms with van der Waals surface area (Å²) in [6.45, 7) is 5.67. The molecule has 0 aliphatic rings. The van der Waals surface area contributed by atoms with Crippen molar-refractivity contribution < 1.29 is 9.59 Å². The number of carbonyl (C=O) groups excluding carboxylic acids is 2. The van der Waals surface area contributed by atoms with Crippen LogP contribution in [0.5, 0.6) is 0 Å². The lowest BCUT2D eigenvalue weighted by molar-refractivity contribution is -0.120. The zero-order valence-electron chi connectivity index (χ0n) is 12.3. The molecule has 0 aliphatic carbocycles. The molecule has 1 aromatic rings. The van der Waals surface area contributed by atoms with Crippen molar-refractivity contribution in [1.82, 2.24) is 15.5 Å². The van der Waals surface area contributed by atoms with E-state index in [1.165, 1.54) is 4.88 Å². The van der Waals surface area contributed by atoms with Crippen LogP contribution in [0.25, 0.3) is 0 Å². The molecular formula is C14H23N3O2S. The van der Waals surface area contributed by atoms with Gasteiger partial charge in [0.15, 0.2) is 0 Å². The molecule has 6 heteroatoms. The first-order valence-electron chi connectivity index (χ1n) is 6.76. The van der Waals surface area contributed by atoms with Gasteiger partial charge >= 0.3 is 6.03 Å². The van der Waals surface area contributed by atoms with Crippen LogP contribution in [0, 0.1) is 5.92 Å². The molecule has 0 aromatic carbocycles. The van der Waals surface area contributed by atoms with Crippen molar-refractivity contribution in [3.8, 4) is 0 Å². The highest BCUT2D eigenvalue weighted by Gasteiger charge is 2.10. The Kier molecular flexibility index (Phi) is 7.25. The van der Waals surface area contributed by atoms with Crippen molar-refractivity contribution in [1.29, 1.82) is 0 Å². The minimum atomic E-state index is -0.417. The van der Waals surface area contributed by atoms with Gasteiger partial charge in [0.05, 0.1) is 6.54 Å². The third-order valence-electron chi connectivity index (χ3n) is 2.68. The van der Waals surface area contributed by atoms with E-state index in [2.05, 4.69) is 24.5 Å². The summed E-state index contributed by atoms with van der Waals surface area (Å²) in [5, 5.41) is 7.02. The molecule has 0 aliphatic heterocycles. The molecule has 0 spiro atoms. The van der Waals surface area contributed by atoms with E-state index in [0.717, 1.165) is 6.42 Å². The van der Waals surface area contributed by atoms with E-state index in [-0.39, 0.29) is 12.5 Å². The Bertz CT molecular complexity index is 418. The zero-order chi connectivity index (χ0) is 15.0. The molecule has 1 rings (SSSR count). The first kappa shape index (κ1) is 16.7. The Labute approximate surface area is 124 Å². The smallest absolute Gasteiger partial charge is 0.321 e. The number of nitrogens with zero attached hydrogens (tertiary/aromatic N) is 1. The minimum Gasteiger partial charge on any atom is -0.338 e. The van der Waals surface area contributed by atoms with Crippen molar-refractivity contribution in [3.05, 3.63) is 22.4 Å². The summed E-state index contributed by atoms with van der Waals surface area (Å²) in [4.78, 5) is 26.2. The number of hydrogen-bond acceptors (Lipinski definition) is 4. The van der Waals surface area contributed by atoms with Crippen LogP contribution in [0.15, 0.2) is 17.5 Å². The number of imide groups is 1. The molecule has 0 saturated heterocycles. The monoisotopic (exact) mass is 297 g/mol. The van der Waals surface area contributed by atoms with Crippen molar-refractivity contribution in [2.45, 2.75) is 26.8 Å². The Morgan fingerprint density at radius 3 is 2.75 bits per heavy atom. The van der Waals surface area contributed by atoms with E-state index < -0.39 is 6.03 Å². The Balaban J connectivity index is 2.20. The number of likely N-dealkylation sites (N-methyl/N-ethyl adjacent to an activating group) is 1. The first-order chi connectivity index (χ1) is 9.47. The summed E-state index contributed by atoms with van der Waals surface area (Å²) in [5.74, 6) is 0.244. The van der Waals surface area contributed by atoms with Gasteiger partial charge in [0, 0.05) is 18.0 Å². The van der Waals surface area contributed by atoms with E-state index in [9.17, 15) is 9.59 Å².